The summed E-state index contributed by atoms with van der Waals surface area (Å²) in [7, 11) is 0. The molecule has 1 aromatic rings. The highest BCUT2D eigenvalue weighted by Gasteiger charge is 2.24. The van der Waals surface area contributed by atoms with Crippen molar-refractivity contribution >= 4 is 15.9 Å². The van der Waals surface area contributed by atoms with Crippen LogP contribution in [-0.4, -0.2) is 13.1 Å². The summed E-state index contributed by atoms with van der Waals surface area (Å²) in [5.74, 6) is 0. The van der Waals surface area contributed by atoms with E-state index in [9.17, 15) is 0 Å². The van der Waals surface area contributed by atoms with E-state index in [2.05, 4.69) is 47.1 Å². The average Bonchev–Trinajstić information content (AvgIpc) is 2.18. The summed E-state index contributed by atoms with van der Waals surface area (Å²) in [6.45, 7) is 3.07. The molecule has 13 heavy (non-hydrogen) atoms. The molecule has 3 heteroatoms. The van der Waals surface area contributed by atoms with Crippen molar-refractivity contribution in [3.8, 4) is 0 Å². The van der Waals surface area contributed by atoms with Crippen LogP contribution in [0.1, 0.15) is 11.1 Å². The third kappa shape index (κ3) is 2.30. The Balaban J connectivity index is 2.99. The molecule has 0 unspecified atom stereocenters. The molecule has 0 saturated carbocycles. The van der Waals surface area contributed by atoms with Crippen molar-refractivity contribution in [3.05, 3.63) is 35.4 Å². The highest BCUT2D eigenvalue weighted by atomic mass is 79.9. The summed E-state index contributed by atoms with van der Waals surface area (Å²) in [5, 5.41) is 0. The van der Waals surface area contributed by atoms with Crippen molar-refractivity contribution < 1.29 is 0 Å². The molecular formula is C10H15BrN2. The summed E-state index contributed by atoms with van der Waals surface area (Å²) in [6, 6.07) is 8.25. The number of alkyl halides is 1. The predicted molar refractivity (Wildman–Crippen MR) is 59.9 cm³/mol. The highest BCUT2D eigenvalue weighted by Crippen LogP contribution is 2.28. The number of aryl methyl sites for hydroxylation is 1. The molecule has 1 aromatic carbocycles. The fourth-order valence-corrected chi connectivity index (χ4v) is 1.44. The van der Waals surface area contributed by atoms with Gasteiger partial charge in [0.15, 0.2) is 0 Å². The van der Waals surface area contributed by atoms with Crippen LogP contribution >= 0.6 is 15.9 Å². The molecule has 0 aliphatic rings. The van der Waals surface area contributed by atoms with Gasteiger partial charge in [0.05, 0.1) is 4.32 Å². The molecule has 0 atom stereocenters. The van der Waals surface area contributed by atoms with Gasteiger partial charge in [-0.1, -0.05) is 45.8 Å². The first-order valence-corrected chi connectivity index (χ1v) is 5.08. The molecule has 0 saturated heterocycles. The van der Waals surface area contributed by atoms with Crippen LogP contribution in [0.5, 0.6) is 0 Å². The maximum Gasteiger partial charge on any atom is 0.0749 e. The van der Waals surface area contributed by atoms with E-state index in [4.69, 9.17) is 11.5 Å². The third-order valence-electron chi connectivity index (χ3n) is 2.22. The number of rotatable bonds is 3. The van der Waals surface area contributed by atoms with E-state index in [-0.39, 0.29) is 4.32 Å². The van der Waals surface area contributed by atoms with Gasteiger partial charge < -0.3 is 11.5 Å². The maximum atomic E-state index is 5.66. The van der Waals surface area contributed by atoms with Crippen molar-refractivity contribution in [2.45, 2.75) is 11.2 Å². The van der Waals surface area contributed by atoms with Crippen LogP contribution in [0.15, 0.2) is 24.3 Å². The topological polar surface area (TPSA) is 52.0 Å². The van der Waals surface area contributed by atoms with E-state index in [1.807, 2.05) is 0 Å². The quantitative estimate of drug-likeness (QED) is 0.790. The Bertz CT molecular complexity index is 265. The van der Waals surface area contributed by atoms with E-state index in [1.165, 1.54) is 5.56 Å². The second kappa shape index (κ2) is 4.22. The number of benzene rings is 1. The standard InChI is InChI=1S/C10H15BrN2/c1-8-2-4-9(5-3-8)10(11,6-12)7-13/h2-5H,6-7,12-13H2,1H3. The molecule has 0 aliphatic carbocycles. The molecule has 0 fully saturated rings. The average molecular weight is 243 g/mol. The summed E-state index contributed by atoms with van der Waals surface area (Å²) in [4.78, 5) is 0. The van der Waals surface area contributed by atoms with Gasteiger partial charge in [-0.2, -0.15) is 0 Å². The number of halogens is 1. The molecular weight excluding hydrogens is 228 g/mol. The summed E-state index contributed by atoms with van der Waals surface area (Å²) in [5.41, 5.74) is 13.7. The predicted octanol–water partition coefficient (Wildman–Crippen LogP) is 1.50. The van der Waals surface area contributed by atoms with E-state index >= 15 is 0 Å². The summed E-state index contributed by atoms with van der Waals surface area (Å²) >= 11 is 3.57. The second-order valence-electron chi connectivity index (χ2n) is 3.24. The van der Waals surface area contributed by atoms with E-state index in [0.29, 0.717) is 13.1 Å². The molecule has 4 N–H and O–H groups in total. The van der Waals surface area contributed by atoms with Crippen molar-refractivity contribution in [2.24, 2.45) is 11.5 Å². The molecule has 2 nitrogen and oxygen atoms in total. The summed E-state index contributed by atoms with van der Waals surface area (Å²) < 4.78 is -0.263. The van der Waals surface area contributed by atoms with Crippen LogP contribution in [0.3, 0.4) is 0 Å². The van der Waals surface area contributed by atoms with Crippen LogP contribution in [0.25, 0.3) is 0 Å². The Kier molecular flexibility index (Phi) is 3.47. The second-order valence-corrected chi connectivity index (χ2v) is 4.76. The SMILES string of the molecule is Cc1ccc(C(Br)(CN)CN)cc1. The smallest absolute Gasteiger partial charge is 0.0749 e. The Morgan fingerprint density at radius 1 is 1.15 bits per heavy atom. The van der Waals surface area contributed by atoms with Crippen LogP contribution in [0, 0.1) is 6.92 Å². The lowest BCUT2D eigenvalue weighted by atomic mass is 9.98. The lowest BCUT2D eigenvalue weighted by Crippen LogP contribution is -2.36. The number of nitrogens with two attached hydrogens (primary N) is 2. The highest BCUT2D eigenvalue weighted by molar-refractivity contribution is 9.09. The van der Waals surface area contributed by atoms with Gasteiger partial charge in [-0.25, -0.2) is 0 Å². The van der Waals surface area contributed by atoms with Crippen molar-refractivity contribution in [2.75, 3.05) is 13.1 Å². The van der Waals surface area contributed by atoms with Gasteiger partial charge in [-0.15, -0.1) is 0 Å². The number of hydrogen-bond acceptors (Lipinski definition) is 2. The van der Waals surface area contributed by atoms with Crippen molar-refractivity contribution in [1.82, 2.24) is 0 Å². The van der Waals surface area contributed by atoms with Gasteiger partial charge in [0, 0.05) is 13.1 Å². The fraction of sp³-hybridized carbons (Fsp3) is 0.400. The first-order chi connectivity index (χ1) is 6.12. The molecule has 0 aromatic heterocycles. The van der Waals surface area contributed by atoms with Gasteiger partial charge in [0.25, 0.3) is 0 Å². The minimum atomic E-state index is -0.263. The lowest BCUT2D eigenvalue weighted by molar-refractivity contribution is 0.660. The van der Waals surface area contributed by atoms with E-state index in [1.54, 1.807) is 0 Å². The lowest BCUT2D eigenvalue weighted by Gasteiger charge is -2.24. The van der Waals surface area contributed by atoms with Gasteiger partial charge in [-0.05, 0) is 12.5 Å². The van der Waals surface area contributed by atoms with Crippen LogP contribution < -0.4 is 11.5 Å². The molecule has 1 rings (SSSR count). The first kappa shape index (κ1) is 10.7. The monoisotopic (exact) mass is 242 g/mol. The van der Waals surface area contributed by atoms with Crippen LogP contribution in [-0.2, 0) is 4.32 Å². The zero-order chi connectivity index (χ0) is 9.90. The molecule has 0 radical (unpaired) electrons. The largest absolute Gasteiger partial charge is 0.329 e. The maximum absolute atomic E-state index is 5.66. The van der Waals surface area contributed by atoms with Gasteiger partial charge in [0.2, 0.25) is 0 Å². The van der Waals surface area contributed by atoms with Gasteiger partial charge in [-0.3, -0.25) is 0 Å². The Morgan fingerprint density at radius 2 is 1.62 bits per heavy atom. The van der Waals surface area contributed by atoms with Crippen LogP contribution in [0.2, 0.25) is 0 Å². The van der Waals surface area contributed by atoms with Crippen molar-refractivity contribution in [1.29, 1.82) is 0 Å². The third-order valence-corrected chi connectivity index (χ3v) is 3.32. The van der Waals surface area contributed by atoms with E-state index in [0.717, 1.165) is 5.56 Å². The first-order valence-electron chi connectivity index (χ1n) is 4.28. The van der Waals surface area contributed by atoms with Crippen molar-refractivity contribution in [3.63, 3.8) is 0 Å². The van der Waals surface area contributed by atoms with Gasteiger partial charge >= 0.3 is 0 Å². The van der Waals surface area contributed by atoms with Gasteiger partial charge in [0.1, 0.15) is 0 Å². The minimum absolute atomic E-state index is 0.263. The molecule has 0 spiro atoms. The Labute approximate surface area is 87.4 Å². The molecule has 72 valence electrons. The minimum Gasteiger partial charge on any atom is -0.329 e. The molecule has 0 bridgehead atoms. The Morgan fingerprint density at radius 3 is 2.00 bits per heavy atom. The van der Waals surface area contributed by atoms with E-state index < -0.39 is 0 Å². The fourth-order valence-electron chi connectivity index (χ4n) is 1.17. The normalized spacial score (nSPS) is 11.7. The zero-order valence-electron chi connectivity index (χ0n) is 7.76. The number of hydrogen-bond donors (Lipinski definition) is 2. The Hall–Kier alpha value is -0.380. The summed E-state index contributed by atoms with van der Waals surface area (Å²) in [6.07, 6.45) is 0. The van der Waals surface area contributed by atoms with Crippen LogP contribution in [0.4, 0.5) is 0 Å². The molecule has 0 aliphatic heterocycles. The molecule has 0 amide bonds. The molecule has 0 heterocycles. The zero-order valence-corrected chi connectivity index (χ0v) is 9.34.